The van der Waals surface area contributed by atoms with Crippen LogP contribution in [0.25, 0.3) is 17.2 Å². The highest BCUT2D eigenvalue weighted by Crippen LogP contribution is 2.24. The average Bonchev–Trinajstić information content (AvgIpc) is 3.57. The van der Waals surface area contributed by atoms with Crippen molar-refractivity contribution in [3.8, 4) is 11.6 Å². The van der Waals surface area contributed by atoms with E-state index in [1.807, 2.05) is 28.9 Å². The van der Waals surface area contributed by atoms with Crippen molar-refractivity contribution in [1.29, 1.82) is 0 Å². The number of anilines is 2. The number of aromatic nitrogens is 6. The first-order chi connectivity index (χ1) is 16.7. The summed E-state index contributed by atoms with van der Waals surface area (Å²) in [5.74, 6) is 2.88. The van der Waals surface area contributed by atoms with Crippen LogP contribution in [0.1, 0.15) is 5.56 Å². The van der Waals surface area contributed by atoms with Gasteiger partial charge in [0, 0.05) is 83.1 Å². The van der Waals surface area contributed by atoms with Crippen LogP contribution >= 0.6 is 0 Å². The Labute approximate surface area is 197 Å². The Hall–Kier alpha value is -3.57. The zero-order chi connectivity index (χ0) is 22.9. The highest BCUT2D eigenvalue weighted by Gasteiger charge is 2.24. The molecule has 0 aromatic carbocycles. The lowest BCUT2D eigenvalue weighted by Crippen LogP contribution is -2.46. The first-order valence-corrected chi connectivity index (χ1v) is 11.7. The van der Waals surface area contributed by atoms with Crippen LogP contribution in [-0.2, 0) is 6.54 Å². The lowest BCUT2D eigenvalue weighted by Gasteiger charge is -2.35. The van der Waals surface area contributed by atoms with Crippen LogP contribution in [0, 0.1) is 0 Å². The third-order valence-corrected chi connectivity index (χ3v) is 6.55. The lowest BCUT2D eigenvalue weighted by atomic mass is 10.2. The molecule has 0 spiro atoms. The van der Waals surface area contributed by atoms with Crippen LogP contribution in [0.5, 0.6) is 0 Å². The van der Waals surface area contributed by atoms with Crippen LogP contribution in [0.4, 0.5) is 11.9 Å². The van der Waals surface area contributed by atoms with Crippen molar-refractivity contribution in [3.63, 3.8) is 0 Å². The van der Waals surface area contributed by atoms with Crippen molar-refractivity contribution in [2.75, 3.05) is 69.2 Å². The molecule has 11 nitrogen and oxygen atoms in total. The predicted molar refractivity (Wildman–Crippen MR) is 128 cm³/mol. The maximum Gasteiger partial charge on any atom is 0.228 e. The summed E-state index contributed by atoms with van der Waals surface area (Å²) in [6.45, 7) is 8.21. The summed E-state index contributed by atoms with van der Waals surface area (Å²) in [5.41, 5.74) is 1.90. The third kappa shape index (κ3) is 4.08. The molecule has 176 valence electrons. The minimum absolute atomic E-state index is 0.584. The molecule has 6 heterocycles. The maximum absolute atomic E-state index is 5.59. The standard InChI is InChI=1S/C23H28N10O/c1-29-7-11-32(12-8-29)23-26-16-18(21-27-20(28-33(21)23)19-4-2-15-34-19)17-30-9-13-31(14-10-30)22-24-5-3-6-25-22/h2-6,15-16H,7-14,17H2,1H3. The third-order valence-electron chi connectivity index (χ3n) is 6.55. The van der Waals surface area contributed by atoms with Gasteiger partial charge in [0.1, 0.15) is 0 Å². The SMILES string of the molecule is CN1CCN(c2ncc(CN3CCN(c4ncccn4)CC3)c3nc(-c4ccco4)nn23)CC1. The summed E-state index contributed by atoms with van der Waals surface area (Å²) in [7, 11) is 2.15. The summed E-state index contributed by atoms with van der Waals surface area (Å²) in [5, 5.41) is 4.81. The zero-order valence-electron chi connectivity index (χ0n) is 19.3. The van der Waals surface area contributed by atoms with Gasteiger partial charge < -0.3 is 19.1 Å². The van der Waals surface area contributed by atoms with Gasteiger partial charge in [-0.25, -0.2) is 19.9 Å². The summed E-state index contributed by atoms with van der Waals surface area (Å²) in [6, 6.07) is 5.60. The Morgan fingerprint density at radius 3 is 2.38 bits per heavy atom. The van der Waals surface area contributed by atoms with Crippen molar-refractivity contribution in [1.82, 2.24) is 39.3 Å². The molecule has 34 heavy (non-hydrogen) atoms. The minimum atomic E-state index is 0.584. The molecule has 2 aliphatic rings. The predicted octanol–water partition coefficient (Wildman–Crippen LogP) is 1.25. The van der Waals surface area contributed by atoms with Crippen molar-refractivity contribution < 1.29 is 4.42 Å². The lowest BCUT2D eigenvalue weighted by molar-refractivity contribution is 0.249. The van der Waals surface area contributed by atoms with Crippen molar-refractivity contribution >= 4 is 17.5 Å². The summed E-state index contributed by atoms with van der Waals surface area (Å²) in [6.07, 6.45) is 7.20. The Bertz CT molecular complexity index is 1230. The fourth-order valence-corrected chi connectivity index (χ4v) is 4.55. The van der Waals surface area contributed by atoms with Gasteiger partial charge in [0.2, 0.25) is 17.7 Å². The molecule has 2 fully saturated rings. The molecule has 0 radical (unpaired) electrons. The number of rotatable bonds is 5. The molecule has 0 saturated carbocycles. The fraction of sp³-hybridized carbons (Fsp3) is 0.435. The van der Waals surface area contributed by atoms with Gasteiger partial charge in [0.05, 0.1) is 6.26 Å². The average molecular weight is 461 g/mol. The van der Waals surface area contributed by atoms with E-state index in [-0.39, 0.29) is 0 Å². The minimum Gasteiger partial charge on any atom is -0.461 e. The highest BCUT2D eigenvalue weighted by atomic mass is 16.3. The summed E-state index contributed by atoms with van der Waals surface area (Å²) < 4.78 is 7.48. The quantitative estimate of drug-likeness (QED) is 0.433. The molecule has 0 aliphatic carbocycles. The molecule has 2 saturated heterocycles. The van der Waals surface area contributed by atoms with Crippen molar-refractivity contribution in [2.24, 2.45) is 0 Å². The molecule has 2 aliphatic heterocycles. The fourth-order valence-electron chi connectivity index (χ4n) is 4.55. The molecule has 0 amide bonds. The first-order valence-electron chi connectivity index (χ1n) is 11.7. The Balaban J connectivity index is 1.26. The smallest absolute Gasteiger partial charge is 0.228 e. The Kier molecular flexibility index (Phi) is 5.55. The molecular formula is C23H28N10O. The number of hydrogen-bond donors (Lipinski definition) is 0. The molecule has 6 rings (SSSR count). The number of likely N-dealkylation sites (N-methyl/N-ethyl adjacent to an activating group) is 1. The molecule has 4 aromatic rings. The Morgan fingerprint density at radius 1 is 0.882 bits per heavy atom. The number of nitrogens with zero attached hydrogens (tertiary/aromatic N) is 10. The monoisotopic (exact) mass is 460 g/mol. The van der Waals surface area contributed by atoms with E-state index in [4.69, 9.17) is 19.5 Å². The zero-order valence-corrected chi connectivity index (χ0v) is 19.3. The largest absolute Gasteiger partial charge is 0.461 e. The maximum atomic E-state index is 5.59. The normalized spacial score (nSPS) is 18.1. The molecule has 0 bridgehead atoms. The van der Waals surface area contributed by atoms with Gasteiger partial charge in [-0.2, -0.15) is 4.52 Å². The van der Waals surface area contributed by atoms with Crippen LogP contribution in [0.15, 0.2) is 47.5 Å². The van der Waals surface area contributed by atoms with Gasteiger partial charge in [0.15, 0.2) is 11.4 Å². The number of hydrogen-bond acceptors (Lipinski definition) is 10. The summed E-state index contributed by atoms with van der Waals surface area (Å²) >= 11 is 0. The first kappa shape index (κ1) is 21.0. The molecule has 11 heteroatoms. The van der Waals surface area contributed by atoms with Gasteiger partial charge >= 0.3 is 0 Å². The number of fused-ring (bicyclic) bond motifs is 1. The van der Waals surface area contributed by atoms with E-state index < -0.39 is 0 Å². The van der Waals surface area contributed by atoms with Crippen LogP contribution in [0.3, 0.4) is 0 Å². The second-order valence-electron chi connectivity index (χ2n) is 8.83. The van der Waals surface area contributed by atoms with Gasteiger partial charge in [-0.05, 0) is 25.2 Å². The van der Waals surface area contributed by atoms with Gasteiger partial charge in [0.25, 0.3) is 0 Å². The van der Waals surface area contributed by atoms with Crippen LogP contribution < -0.4 is 9.80 Å². The molecule has 0 N–H and O–H groups in total. The van der Waals surface area contributed by atoms with Crippen LogP contribution in [-0.4, -0.2) is 98.8 Å². The number of furan rings is 1. The van der Waals surface area contributed by atoms with E-state index in [1.165, 1.54) is 0 Å². The second kappa shape index (κ2) is 8.99. The van der Waals surface area contributed by atoms with E-state index >= 15 is 0 Å². The van der Waals surface area contributed by atoms with Crippen LogP contribution in [0.2, 0.25) is 0 Å². The van der Waals surface area contributed by atoms with Crippen molar-refractivity contribution in [3.05, 3.63) is 48.6 Å². The summed E-state index contributed by atoms with van der Waals surface area (Å²) in [4.78, 5) is 27.8. The number of piperazine rings is 2. The molecular weight excluding hydrogens is 432 g/mol. The Morgan fingerprint density at radius 2 is 1.65 bits per heavy atom. The topological polar surface area (TPSA) is 95.0 Å². The molecule has 4 aromatic heterocycles. The molecule has 0 unspecified atom stereocenters. The highest BCUT2D eigenvalue weighted by molar-refractivity contribution is 5.58. The van der Waals surface area contributed by atoms with E-state index in [0.29, 0.717) is 11.6 Å². The van der Waals surface area contributed by atoms with Crippen molar-refractivity contribution in [2.45, 2.75) is 6.54 Å². The van der Waals surface area contributed by atoms with Gasteiger partial charge in [-0.1, -0.05) is 0 Å². The van der Waals surface area contributed by atoms with E-state index in [9.17, 15) is 0 Å². The van der Waals surface area contributed by atoms with E-state index in [0.717, 1.165) is 82.0 Å². The van der Waals surface area contributed by atoms with Gasteiger partial charge in [-0.15, -0.1) is 5.10 Å². The van der Waals surface area contributed by atoms with E-state index in [1.54, 1.807) is 18.7 Å². The second-order valence-corrected chi connectivity index (χ2v) is 8.83. The van der Waals surface area contributed by atoms with Gasteiger partial charge in [-0.3, -0.25) is 4.90 Å². The molecule has 0 atom stereocenters. The van der Waals surface area contributed by atoms with E-state index in [2.05, 4.69) is 36.6 Å².